The molecule has 4 aromatic rings. The second-order valence-electron chi connectivity index (χ2n) is 6.18. The molecule has 0 unspecified atom stereocenters. The summed E-state index contributed by atoms with van der Waals surface area (Å²) in [6.45, 7) is 1.85. The number of rotatable bonds is 7. The Morgan fingerprint density at radius 2 is 2.10 bits per heavy atom. The minimum Gasteiger partial charge on any atom is -0.469 e. The van der Waals surface area contributed by atoms with Crippen molar-refractivity contribution in [2.24, 2.45) is 0 Å². The maximum atomic E-state index is 12.2. The molecule has 29 heavy (non-hydrogen) atoms. The molecule has 0 aliphatic carbocycles. The molecule has 3 N–H and O–H groups in total. The first-order chi connectivity index (χ1) is 14.1. The minimum absolute atomic E-state index is 0.0911. The van der Waals surface area contributed by atoms with Gasteiger partial charge in [-0.1, -0.05) is 30.0 Å². The third kappa shape index (κ3) is 4.49. The van der Waals surface area contributed by atoms with E-state index in [1.165, 1.54) is 27.8 Å². The van der Waals surface area contributed by atoms with Crippen LogP contribution in [0.15, 0.2) is 57.6 Å². The van der Waals surface area contributed by atoms with Gasteiger partial charge >= 0.3 is 0 Å². The SMILES string of the molecule is Cc1occc1-c1nnc(SCc2csc(CC(=O)Nc3ccccc3)n2)n1N. The first-order valence-corrected chi connectivity index (χ1v) is 10.6. The van der Waals surface area contributed by atoms with Crippen molar-refractivity contribution in [1.82, 2.24) is 19.9 Å². The van der Waals surface area contributed by atoms with Crippen molar-refractivity contribution >= 4 is 34.7 Å². The summed E-state index contributed by atoms with van der Waals surface area (Å²) in [5.74, 6) is 7.91. The molecule has 10 heteroatoms. The van der Waals surface area contributed by atoms with Crippen LogP contribution < -0.4 is 11.2 Å². The first-order valence-electron chi connectivity index (χ1n) is 8.76. The van der Waals surface area contributed by atoms with Crippen LogP contribution in [-0.4, -0.2) is 25.8 Å². The first kappa shape index (κ1) is 19.2. The lowest BCUT2D eigenvalue weighted by Crippen LogP contribution is -2.14. The molecule has 0 radical (unpaired) electrons. The van der Waals surface area contributed by atoms with E-state index in [1.54, 1.807) is 6.26 Å². The van der Waals surface area contributed by atoms with E-state index in [0.717, 1.165) is 27.7 Å². The number of nitrogens with one attached hydrogen (secondary N) is 1. The highest BCUT2D eigenvalue weighted by atomic mass is 32.2. The zero-order valence-electron chi connectivity index (χ0n) is 15.5. The monoisotopic (exact) mass is 426 g/mol. The molecular weight excluding hydrogens is 408 g/mol. The number of furan rings is 1. The zero-order chi connectivity index (χ0) is 20.2. The number of amides is 1. The van der Waals surface area contributed by atoms with E-state index in [2.05, 4.69) is 20.5 Å². The quantitative estimate of drug-likeness (QED) is 0.344. The van der Waals surface area contributed by atoms with Crippen LogP contribution in [0.2, 0.25) is 0 Å². The van der Waals surface area contributed by atoms with E-state index < -0.39 is 0 Å². The third-order valence-corrected chi connectivity index (χ3v) is 5.96. The number of nitrogens with zero attached hydrogens (tertiary/aromatic N) is 4. The molecule has 0 saturated heterocycles. The number of aromatic nitrogens is 4. The fourth-order valence-corrected chi connectivity index (χ4v) is 4.32. The molecular formula is C19H18N6O2S2. The number of thiazole rings is 1. The van der Waals surface area contributed by atoms with Crippen LogP contribution in [0.1, 0.15) is 16.5 Å². The fourth-order valence-electron chi connectivity index (χ4n) is 2.67. The number of nitrogens with two attached hydrogens (primary N) is 1. The predicted octanol–water partition coefficient (Wildman–Crippen LogP) is 3.49. The number of benzene rings is 1. The summed E-state index contributed by atoms with van der Waals surface area (Å²) in [7, 11) is 0. The minimum atomic E-state index is -0.0911. The molecule has 0 fully saturated rings. The number of aryl methyl sites for hydroxylation is 1. The fraction of sp³-hybridized carbons (Fsp3) is 0.158. The Morgan fingerprint density at radius 3 is 2.86 bits per heavy atom. The number of para-hydroxylation sites is 1. The lowest BCUT2D eigenvalue weighted by molar-refractivity contribution is -0.115. The van der Waals surface area contributed by atoms with Crippen LogP contribution in [0.4, 0.5) is 5.69 Å². The predicted molar refractivity (Wildman–Crippen MR) is 113 cm³/mol. The van der Waals surface area contributed by atoms with Gasteiger partial charge in [-0.15, -0.1) is 21.5 Å². The average molecular weight is 427 g/mol. The van der Waals surface area contributed by atoms with Gasteiger partial charge in [0.05, 0.1) is 23.9 Å². The summed E-state index contributed by atoms with van der Waals surface area (Å²) in [5, 5.41) is 14.4. The Labute approximate surface area is 175 Å². The van der Waals surface area contributed by atoms with Gasteiger partial charge in [-0.2, -0.15) is 0 Å². The molecule has 148 valence electrons. The maximum absolute atomic E-state index is 12.2. The number of thioether (sulfide) groups is 1. The second-order valence-corrected chi connectivity index (χ2v) is 8.06. The Hall–Kier alpha value is -3.11. The molecule has 0 bridgehead atoms. The third-order valence-electron chi connectivity index (χ3n) is 4.08. The normalized spacial score (nSPS) is 10.9. The van der Waals surface area contributed by atoms with Crippen LogP contribution in [-0.2, 0) is 17.0 Å². The number of carbonyl (C=O) groups is 1. The van der Waals surface area contributed by atoms with Gasteiger partial charge in [-0.3, -0.25) is 4.79 Å². The van der Waals surface area contributed by atoms with Crippen molar-refractivity contribution < 1.29 is 9.21 Å². The maximum Gasteiger partial charge on any atom is 0.231 e. The molecule has 1 aromatic carbocycles. The van der Waals surface area contributed by atoms with E-state index in [0.29, 0.717) is 16.7 Å². The average Bonchev–Trinajstić information content (AvgIpc) is 3.42. The van der Waals surface area contributed by atoms with Gasteiger partial charge in [0.2, 0.25) is 11.1 Å². The zero-order valence-corrected chi connectivity index (χ0v) is 17.2. The number of hydrogen-bond acceptors (Lipinski definition) is 8. The van der Waals surface area contributed by atoms with Crippen molar-refractivity contribution in [3.05, 3.63) is 64.5 Å². The van der Waals surface area contributed by atoms with Gasteiger partial charge in [0.25, 0.3) is 0 Å². The summed E-state index contributed by atoms with van der Waals surface area (Å²) in [5.41, 5.74) is 2.45. The summed E-state index contributed by atoms with van der Waals surface area (Å²) >= 11 is 2.90. The Morgan fingerprint density at radius 1 is 1.28 bits per heavy atom. The van der Waals surface area contributed by atoms with E-state index in [9.17, 15) is 4.79 Å². The Kier molecular flexibility index (Phi) is 5.63. The Balaban J connectivity index is 1.35. The van der Waals surface area contributed by atoms with Crippen molar-refractivity contribution in [2.45, 2.75) is 24.3 Å². The standard InChI is InChI=1S/C19H18N6O2S2/c1-12-15(7-8-27-12)18-23-24-19(25(18)20)29-11-14-10-28-17(22-14)9-16(26)21-13-5-3-2-4-6-13/h2-8,10H,9,11,20H2,1H3,(H,21,26). The molecule has 0 aliphatic heterocycles. The van der Waals surface area contributed by atoms with Crippen LogP contribution in [0.3, 0.4) is 0 Å². The highest BCUT2D eigenvalue weighted by molar-refractivity contribution is 7.98. The number of nitrogen functional groups attached to an aromatic ring is 1. The molecule has 0 saturated carbocycles. The molecule has 0 atom stereocenters. The molecule has 0 aliphatic rings. The number of carbonyl (C=O) groups excluding carboxylic acids is 1. The van der Waals surface area contributed by atoms with Gasteiger partial charge in [0.1, 0.15) is 10.8 Å². The van der Waals surface area contributed by atoms with Gasteiger partial charge in [0, 0.05) is 16.8 Å². The lowest BCUT2D eigenvalue weighted by atomic mass is 10.2. The highest BCUT2D eigenvalue weighted by Crippen LogP contribution is 2.27. The van der Waals surface area contributed by atoms with E-state index in [-0.39, 0.29) is 12.3 Å². The lowest BCUT2D eigenvalue weighted by Gasteiger charge is -2.03. The molecule has 1 amide bonds. The molecule has 0 spiro atoms. The van der Waals surface area contributed by atoms with Crippen molar-refractivity contribution in [3.8, 4) is 11.4 Å². The van der Waals surface area contributed by atoms with Crippen molar-refractivity contribution in [3.63, 3.8) is 0 Å². The van der Waals surface area contributed by atoms with E-state index >= 15 is 0 Å². The highest BCUT2D eigenvalue weighted by Gasteiger charge is 2.16. The number of hydrogen-bond donors (Lipinski definition) is 2. The largest absolute Gasteiger partial charge is 0.469 e. The molecule has 4 rings (SSSR count). The van der Waals surface area contributed by atoms with E-state index in [1.807, 2.05) is 48.7 Å². The van der Waals surface area contributed by atoms with Crippen LogP contribution in [0.5, 0.6) is 0 Å². The molecule has 3 heterocycles. The van der Waals surface area contributed by atoms with Crippen molar-refractivity contribution in [1.29, 1.82) is 0 Å². The van der Waals surface area contributed by atoms with Gasteiger partial charge in [0.15, 0.2) is 5.82 Å². The van der Waals surface area contributed by atoms with Gasteiger partial charge < -0.3 is 15.6 Å². The summed E-state index contributed by atoms with van der Waals surface area (Å²) < 4.78 is 6.75. The van der Waals surface area contributed by atoms with Crippen LogP contribution in [0, 0.1) is 6.92 Å². The summed E-state index contributed by atoms with van der Waals surface area (Å²) in [6.07, 6.45) is 1.83. The summed E-state index contributed by atoms with van der Waals surface area (Å²) in [4.78, 5) is 16.7. The molecule has 8 nitrogen and oxygen atoms in total. The second kappa shape index (κ2) is 8.50. The smallest absolute Gasteiger partial charge is 0.231 e. The van der Waals surface area contributed by atoms with Crippen molar-refractivity contribution in [2.75, 3.05) is 11.2 Å². The topological polar surface area (TPSA) is 112 Å². The van der Waals surface area contributed by atoms with Crippen LogP contribution >= 0.6 is 23.1 Å². The summed E-state index contributed by atoms with van der Waals surface area (Å²) in [6, 6.07) is 11.2. The van der Waals surface area contributed by atoms with Crippen LogP contribution in [0.25, 0.3) is 11.4 Å². The van der Waals surface area contributed by atoms with Gasteiger partial charge in [-0.25, -0.2) is 9.66 Å². The Bertz CT molecular complexity index is 1120. The van der Waals surface area contributed by atoms with Gasteiger partial charge in [-0.05, 0) is 25.1 Å². The van der Waals surface area contributed by atoms with E-state index in [4.69, 9.17) is 10.3 Å². The number of anilines is 1. The molecule has 3 aromatic heterocycles.